The minimum atomic E-state index is -0.707. The highest BCUT2D eigenvalue weighted by molar-refractivity contribution is 5.69. The van der Waals surface area contributed by atoms with Crippen LogP contribution in [-0.4, -0.2) is 23.1 Å². The lowest BCUT2D eigenvalue weighted by atomic mass is 10.0. The fourth-order valence-electron chi connectivity index (χ4n) is 4.06. The highest BCUT2D eigenvalue weighted by atomic mass is 16.5. The Balaban J connectivity index is 3.45. The standard InChI is InChI=1S/C27H52O4/c1-3-5-6-7-8-9-10-11-12-13-14-18-21-24-27(30)31-25(4-2)22-19-16-15-17-20-23-26(28)29/h25H,3-24H2,1-2H3,(H,28,29). The van der Waals surface area contributed by atoms with Crippen molar-refractivity contribution in [3.63, 3.8) is 0 Å². The van der Waals surface area contributed by atoms with Crippen LogP contribution in [0.1, 0.15) is 155 Å². The monoisotopic (exact) mass is 440 g/mol. The molecule has 0 amide bonds. The van der Waals surface area contributed by atoms with Crippen LogP contribution in [0.4, 0.5) is 0 Å². The minimum Gasteiger partial charge on any atom is -0.481 e. The van der Waals surface area contributed by atoms with Crippen molar-refractivity contribution in [3.05, 3.63) is 0 Å². The summed E-state index contributed by atoms with van der Waals surface area (Å²) in [6, 6.07) is 0. The van der Waals surface area contributed by atoms with E-state index in [1.807, 2.05) is 0 Å². The largest absolute Gasteiger partial charge is 0.481 e. The van der Waals surface area contributed by atoms with Gasteiger partial charge in [0.2, 0.25) is 0 Å². The van der Waals surface area contributed by atoms with Gasteiger partial charge in [0.15, 0.2) is 0 Å². The van der Waals surface area contributed by atoms with Crippen molar-refractivity contribution in [1.29, 1.82) is 0 Å². The normalized spacial score (nSPS) is 12.1. The SMILES string of the molecule is CCCCCCCCCCCCCCCC(=O)OC(CC)CCCCCCCC(=O)O. The molecule has 0 saturated heterocycles. The molecular weight excluding hydrogens is 388 g/mol. The Hall–Kier alpha value is -1.06. The van der Waals surface area contributed by atoms with Crippen molar-refractivity contribution >= 4 is 11.9 Å². The zero-order valence-corrected chi connectivity index (χ0v) is 20.8. The molecule has 0 aromatic heterocycles. The van der Waals surface area contributed by atoms with Crippen molar-refractivity contribution in [2.75, 3.05) is 0 Å². The number of hydrogen-bond donors (Lipinski definition) is 1. The second kappa shape index (κ2) is 23.6. The molecule has 0 fully saturated rings. The lowest BCUT2D eigenvalue weighted by Gasteiger charge is -2.16. The average molecular weight is 441 g/mol. The van der Waals surface area contributed by atoms with E-state index in [0.717, 1.165) is 57.8 Å². The number of carboxylic acids is 1. The Bertz CT molecular complexity index is 408. The quantitative estimate of drug-likeness (QED) is 0.120. The van der Waals surface area contributed by atoms with Gasteiger partial charge in [-0.1, -0.05) is 110 Å². The molecule has 0 aromatic carbocycles. The summed E-state index contributed by atoms with van der Waals surface area (Å²) in [5.74, 6) is -0.738. The summed E-state index contributed by atoms with van der Waals surface area (Å²) in [7, 11) is 0. The van der Waals surface area contributed by atoms with Crippen LogP contribution in [0.5, 0.6) is 0 Å². The molecule has 4 nitrogen and oxygen atoms in total. The smallest absolute Gasteiger partial charge is 0.306 e. The van der Waals surface area contributed by atoms with E-state index >= 15 is 0 Å². The van der Waals surface area contributed by atoms with Crippen LogP contribution in [0.25, 0.3) is 0 Å². The summed E-state index contributed by atoms with van der Waals surface area (Å²) in [6.07, 6.45) is 24.7. The van der Waals surface area contributed by atoms with E-state index in [2.05, 4.69) is 13.8 Å². The fourth-order valence-corrected chi connectivity index (χ4v) is 4.06. The summed E-state index contributed by atoms with van der Waals surface area (Å²) in [4.78, 5) is 22.6. The molecule has 1 N–H and O–H groups in total. The first-order valence-corrected chi connectivity index (χ1v) is 13.5. The van der Waals surface area contributed by atoms with Crippen molar-refractivity contribution in [1.82, 2.24) is 0 Å². The van der Waals surface area contributed by atoms with E-state index < -0.39 is 5.97 Å². The molecule has 4 heteroatoms. The first-order valence-electron chi connectivity index (χ1n) is 13.5. The lowest BCUT2D eigenvalue weighted by molar-refractivity contribution is -0.149. The fraction of sp³-hybridized carbons (Fsp3) is 0.926. The number of esters is 1. The van der Waals surface area contributed by atoms with E-state index in [1.54, 1.807) is 0 Å². The molecule has 31 heavy (non-hydrogen) atoms. The summed E-state index contributed by atoms with van der Waals surface area (Å²) < 4.78 is 5.65. The van der Waals surface area contributed by atoms with Gasteiger partial charge in [-0.15, -0.1) is 0 Å². The number of hydrogen-bond acceptors (Lipinski definition) is 3. The van der Waals surface area contributed by atoms with Gasteiger partial charge in [-0.05, 0) is 32.1 Å². The van der Waals surface area contributed by atoms with Gasteiger partial charge in [-0.2, -0.15) is 0 Å². The van der Waals surface area contributed by atoms with Crippen molar-refractivity contribution in [3.8, 4) is 0 Å². The number of rotatable bonds is 24. The Labute approximate surface area is 192 Å². The molecular formula is C27H52O4. The van der Waals surface area contributed by atoms with Gasteiger partial charge in [0.1, 0.15) is 6.10 Å². The Morgan fingerprint density at radius 3 is 1.48 bits per heavy atom. The predicted molar refractivity (Wildman–Crippen MR) is 130 cm³/mol. The molecule has 1 atom stereocenters. The maximum absolute atomic E-state index is 12.1. The van der Waals surface area contributed by atoms with Gasteiger partial charge < -0.3 is 9.84 Å². The molecule has 0 heterocycles. The molecule has 0 aliphatic rings. The van der Waals surface area contributed by atoms with Crippen LogP contribution >= 0.6 is 0 Å². The van der Waals surface area contributed by atoms with Crippen molar-refractivity contribution < 1.29 is 19.4 Å². The highest BCUT2D eigenvalue weighted by Crippen LogP contribution is 2.15. The second-order valence-electron chi connectivity index (χ2n) is 9.21. The van der Waals surface area contributed by atoms with Crippen LogP contribution in [0.15, 0.2) is 0 Å². The summed E-state index contributed by atoms with van der Waals surface area (Å²) in [6.45, 7) is 4.35. The van der Waals surface area contributed by atoms with Gasteiger partial charge in [0.25, 0.3) is 0 Å². The Morgan fingerprint density at radius 1 is 0.613 bits per heavy atom. The Kier molecular flexibility index (Phi) is 22.8. The van der Waals surface area contributed by atoms with Crippen LogP contribution < -0.4 is 0 Å². The molecule has 0 aliphatic heterocycles. The summed E-state index contributed by atoms with van der Waals surface area (Å²) >= 11 is 0. The Morgan fingerprint density at radius 2 is 1.03 bits per heavy atom. The summed E-state index contributed by atoms with van der Waals surface area (Å²) in [5.41, 5.74) is 0. The zero-order valence-electron chi connectivity index (χ0n) is 20.8. The number of carbonyl (C=O) groups is 2. The number of unbranched alkanes of at least 4 members (excludes halogenated alkanes) is 16. The molecule has 1 unspecified atom stereocenters. The average Bonchev–Trinajstić information content (AvgIpc) is 2.75. The third-order valence-electron chi connectivity index (χ3n) is 6.15. The topological polar surface area (TPSA) is 63.6 Å². The van der Waals surface area contributed by atoms with Crippen LogP contribution in [0.3, 0.4) is 0 Å². The third-order valence-corrected chi connectivity index (χ3v) is 6.15. The highest BCUT2D eigenvalue weighted by Gasteiger charge is 2.12. The summed E-state index contributed by atoms with van der Waals surface area (Å²) in [5, 5.41) is 8.63. The van der Waals surface area contributed by atoms with E-state index in [0.29, 0.717) is 6.42 Å². The first kappa shape index (κ1) is 29.9. The minimum absolute atomic E-state index is 0.0311. The molecule has 0 spiro atoms. The van der Waals surface area contributed by atoms with E-state index in [-0.39, 0.29) is 18.5 Å². The number of carboxylic acid groups (broad SMARTS) is 1. The maximum Gasteiger partial charge on any atom is 0.306 e. The molecule has 0 rings (SSSR count). The molecule has 0 radical (unpaired) electrons. The van der Waals surface area contributed by atoms with E-state index in [9.17, 15) is 9.59 Å². The number of carbonyl (C=O) groups excluding carboxylic acids is 1. The maximum atomic E-state index is 12.1. The van der Waals surface area contributed by atoms with Crippen LogP contribution in [-0.2, 0) is 14.3 Å². The molecule has 0 bridgehead atoms. The predicted octanol–water partition coefficient (Wildman–Crippen LogP) is 8.60. The molecule has 184 valence electrons. The van der Waals surface area contributed by atoms with E-state index in [4.69, 9.17) is 9.84 Å². The molecule has 0 aromatic rings. The van der Waals surface area contributed by atoms with Crippen LogP contribution in [0, 0.1) is 0 Å². The van der Waals surface area contributed by atoms with Crippen molar-refractivity contribution in [2.24, 2.45) is 0 Å². The number of ether oxygens (including phenoxy) is 1. The van der Waals surface area contributed by atoms with Gasteiger partial charge in [-0.25, -0.2) is 0 Å². The molecule has 0 aliphatic carbocycles. The van der Waals surface area contributed by atoms with Gasteiger partial charge in [0, 0.05) is 12.8 Å². The van der Waals surface area contributed by atoms with Crippen molar-refractivity contribution in [2.45, 2.75) is 161 Å². The number of aliphatic carboxylic acids is 1. The van der Waals surface area contributed by atoms with Gasteiger partial charge in [0.05, 0.1) is 0 Å². The van der Waals surface area contributed by atoms with Gasteiger partial charge >= 0.3 is 11.9 Å². The van der Waals surface area contributed by atoms with Crippen LogP contribution in [0.2, 0.25) is 0 Å². The third kappa shape index (κ3) is 23.4. The second-order valence-corrected chi connectivity index (χ2v) is 9.21. The van der Waals surface area contributed by atoms with E-state index in [1.165, 1.54) is 70.6 Å². The lowest BCUT2D eigenvalue weighted by Crippen LogP contribution is -2.17. The van der Waals surface area contributed by atoms with Gasteiger partial charge in [-0.3, -0.25) is 9.59 Å². The first-order chi connectivity index (χ1) is 15.1. The zero-order chi connectivity index (χ0) is 23.0. The molecule has 0 saturated carbocycles.